The topological polar surface area (TPSA) is 108 Å². The molecule has 2 aliphatic heterocycles. The normalized spacial score (nSPS) is 16.5. The zero-order chi connectivity index (χ0) is 29.5. The van der Waals surface area contributed by atoms with Crippen LogP contribution in [-0.2, 0) is 24.8 Å². The van der Waals surface area contributed by atoms with E-state index < -0.39 is 12.0 Å². The first-order valence-electron chi connectivity index (χ1n) is 14.0. The number of nitrogens with one attached hydrogen (secondary N) is 1. The molecule has 2 aromatic carbocycles. The molecule has 1 atom stereocenters. The van der Waals surface area contributed by atoms with Crippen molar-refractivity contribution >= 4 is 41.2 Å². The second-order valence-electron chi connectivity index (χ2n) is 9.95. The van der Waals surface area contributed by atoms with E-state index in [-0.39, 0.29) is 12.5 Å². The Hall–Kier alpha value is -3.54. The molecule has 1 amide bonds. The van der Waals surface area contributed by atoms with Crippen LogP contribution in [0.1, 0.15) is 43.9 Å². The summed E-state index contributed by atoms with van der Waals surface area (Å²) in [4.78, 5) is 32.3. The van der Waals surface area contributed by atoms with E-state index in [9.17, 15) is 9.59 Å². The Labute approximate surface area is 254 Å². The molecule has 2 aliphatic rings. The first-order chi connectivity index (χ1) is 20.4. The summed E-state index contributed by atoms with van der Waals surface area (Å²) in [6.07, 6.45) is 1.70. The molecule has 0 aliphatic carbocycles. The van der Waals surface area contributed by atoms with Crippen molar-refractivity contribution in [1.29, 1.82) is 0 Å². The van der Waals surface area contributed by atoms with Gasteiger partial charge in [0.15, 0.2) is 6.61 Å². The minimum Gasteiger partial charge on any atom is -0.484 e. The largest absolute Gasteiger partial charge is 0.484 e. The van der Waals surface area contributed by atoms with E-state index in [1.54, 1.807) is 21.7 Å². The van der Waals surface area contributed by atoms with Crippen molar-refractivity contribution < 1.29 is 23.8 Å². The van der Waals surface area contributed by atoms with Crippen LogP contribution in [0.25, 0.3) is 0 Å². The van der Waals surface area contributed by atoms with Gasteiger partial charge in [-0.1, -0.05) is 67.0 Å². The average Bonchev–Trinajstić information content (AvgIpc) is 3.42. The highest BCUT2D eigenvalue weighted by atomic mass is 35.5. The van der Waals surface area contributed by atoms with Crippen molar-refractivity contribution in [3.8, 4) is 5.75 Å². The van der Waals surface area contributed by atoms with Crippen molar-refractivity contribution in [2.24, 2.45) is 0 Å². The van der Waals surface area contributed by atoms with Crippen LogP contribution in [0.15, 0.2) is 65.0 Å². The van der Waals surface area contributed by atoms with Gasteiger partial charge in [0.1, 0.15) is 11.8 Å². The molecule has 0 saturated carbocycles. The fourth-order valence-corrected chi connectivity index (χ4v) is 5.82. The maximum Gasteiger partial charge on any atom is 0.338 e. The molecule has 12 heteroatoms. The number of hydrogen-bond donors (Lipinski definition) is 1. The van der Waals surface area contributed by atoms with Crippen molar-refractivity contribution in [2.45, 2.75) is 43.6 Å². The number of nitrogens with zero attached hydrogens (tertiary/aromatic N) is 4. The highest BCUT2D eigenvalue weighted by Gasteiger charge is 2.35. The summed E-state index contributed by atoms with van der Waals surface area (Å²) in [5.41, 5.74) is 2.90. The number of carbonyl (C=O) groups excluding carboxylic acids is 2. The van der Waals surface area contributed by atoms with Gasteiger partial charge in [-0.3, -0.25) is 4.79 Å². The zero-order valence-electron chi connectivity index (χ0n) is 23.7. The van der Waals surface area contributed by atoms with E-state index in [2.05, 4.69) is 5.32 Å². The maximum atomic E-state index is 13.3. The molecule has 1 aromatic heterocycles. The van der Waals surface area contributed by atoms with Gasteiger partial charge in [-0.15, -0.1) is 5.10 Å². The SMILES string of the molecule is CCCCOC(=O)C1=C(C)Nc2nc(SCc3ccccc3Cl)nn2C1c1ccc(OCC(=O)N2CCOCC2)cc1. The molecule has 0 bridgehead atoms. The molecule has 42 heavy (non-hydrogen) atoms. The molecule has 222 valence electrons. The number of ether oxygens (including phenoxy) is 3. The second kappa shape index (κ2) is 14.1. The highest BCUT2D eigenvalue weighted by Crippen LogP contribution is 2.38. The minimum absolute atomic E-state index is 0.0556. The summed E-state index contributed by atoms with van der Waals surface area (Å²) < 4.78 is 18.5. The van der Waals surface area contributed by atoms with Crippen LogP contribution >= 0.6 is 23.4 Å². The van der Waals surface area contributed by atoms with E-state index in [4.69, 9.17) is 35.9 Å². The van der Waals surface area contributed by atoms with Crippen molar-refractivity contribution in [1.82, 2.24) is 19.7 Å². The number of anilines is 1. The Morgan fingerprint density at radius 3 is 2.64 bits per heavy atom. The lowest BCUT2D eigenvalue weighted by Gasteiger charge is -2.28. The quantitative estimate of drug-likeness (QED) is 0.180. The number of allylic oxidation sites excluding steroid dienone is 1. The summed E-state index contributed by atoms with van der Waals surface area (Å²) in [7, 11) is 0. The summed E-state index contributed by atoms with van der Waals surface area (Å²) in [6, 6.07) is 14.4. The lowest BCUT2D eigenvalue weighted by atomic mass is 9.96. The molecule has 1 unspecified atom stereocenters. The van der Waals surface area contributed by atoms with Gasteiger partial charge in [0.25, 0.3) is 5.91 Å². The van der Waals surface area contributed by atoms with Crippen LogP contribution in [0.5, 0.6) is 5.75 Å². The lowest BCUT2D eigenvalue weighted by molar-refractivity contribution is -0.140. The molecular formula is C30H34ClN5O5S. The fraction of sp³-hybridized carbons (Fsp3) is 0.400. The summed E-state index contributed by atoms with van der Waals surface area (Å²) in [6.45, 7) is 6.38. The number of rotatable bonds is 11. The average molecular weight is 612 g/mol. The third kappa shape index (κ3) is 7.08. The van der Waals surface area contributed by atoms with Gasteiger partial charge >= 0.3 is 5.97 Å². The van der Waals surface area contributed by atoms with E-state index in [0.29, 0.717) is 71.8 Å². The standard InChI is InChI=1S/C30H34ClN5O5S/c1-3-4-15-40-28(38)26-20(2)32-29-33-30(42-19-22-7-5-6-8-24(22)31)34-36(29)27(26)21-9-11-23(12-10-21)41-18-25(37)35-13-16-39-17-14-35/h5-12,27H,3-4,13-19H2,1-2H3,(H,32,33,34). The second-order valence-corrected chi connectivity index (χ2v) is 11.3. The van der Waals surface area contributed by atoms with Crippen LogP contribution in [0.4, 0.5) is 5.95 Å². The Balaban J connectivity index is 1.37. The molecule has 10 nitrogen and oxygen atoms in total. The molecule has 3 aromatic rings. The Morgan fingerprint density at radius 2 is 1.90 bits per heavy atom. The number of carbonyl (C=O) groups is 2. The molecule has 5 rings (SSSR count). The van der Waals surface area contributed by atoms with Gasteiger partial charge in [-0.2, -0.15) is 4.98 Å². The lowest BCUT2D eigenvalue weighted by Crippen LogP contribution is -2.42. The van der Waals surface area contributed by atoms with Crippen LogP contribution < -0.4 is 10.1 Å². The zero-order valence-corrected chi connectivity index (χ0v) is 25.2. The number of halogens is 1. The predicted molar refractivity (Wildman–Crippen MR) is 161 cm³/mol. The smallest absolute Gasteiger partial charge is 0.338 e. The number of morpholine rings is 1. The number of fused-ring (bicyclic) bond motifs is 1. The summed E-state index contributed by atoms with van der Waals surface area (Å²) >= 11 is 7.81. The third-order valence-corrected chi connectivity index (χ3v) is 8.28. The van der Waals surface area contributed by atoms with Crippen molar-refractivity contribution in [3.63, 3.8) is 0 Å². The van der Waals surface area contributed by atoms with Gasteiger partial charge in [-0.25, -0.2) is 9.48 Å². The first kappa shape index (κ1) is 29.9. The van der Waals surface area contributed by atoms with Crippen LogP contribution in [0, 0.1) is 0 Å². The van der Waals surface area contributed by atoms with Crippen molar-refractivity contribution in [2.75, 3.05) is 44.8 Å². The highest BCUT2D eigenvalue weighted by molar-refractivity contribution is 7.98. The molecule has 0 radical (unpaired) electrons. The van der Waals surface area contributed by atoms with E-state index in [1.807, 2.05) is 50.2 Å². The molecular weight excluding hydrogens is 578 g/mol. The van der Waals surface area contributed by atoms with Crippen LogP contribution in [0.2, 0.25) is 5.02 Å². The van der Waals surface area contributed by atoms with Gasteiger partial charge in [0.2, 0.25) is 11.1 Å². The Kier molecular flexibility index (Phi) is 10.0. The number of esters is 1. The number of hydrogen-bond acceptors (Lipinski definition) is 9. The van der Waals surface area contributed by atoms with Gasteiger partial charge < -0.3 is 24.4 Å². The van der Waals surface area contributed by atoms with Gasteiger partial charge in [0, 0.05) is 29.6 Å². The molecule has 1 fully saturated rings. The molecule has 1 N–H and O–H groups in total. The molecule has 1 saturated heterocycles. The fourth-order valence-electron chi connectivity index (χ4n) is 4.71. The number of thioether (sulfide) groups is 1. The minimum atomic E-state index is -0.568. The van der Waals surface area contributed by atoms with Crippen LogP contribution in [-0.4, -0.2) is 71.1 Å². The van der Waals surface area contributed by atoms with E-state index >= 15 is 0 Å². The van der Waals surface area contributed by atoms with Crippen molar-refractivity contribution in [3.05, 3.63) is 76.0 Å². The predicted octanol–water partition coefficient (Wildman–Crippen LogP) is 5.09. The summed E-state index contributed by atoms with van der Waals surface area (Å²) in [5, 5.41) is 9.26. The third-order valence-electron chi connectivity index (χ3n) is 7.02. The number of benzene rings is 2. The van der Waals surface area contributed by atoms with E-state index in [1.165, 1.54) is 11.8 Å². The molecule has 0 spiro atoms. The van der Waals surface area contributed by atoms with Gasteiger partial charge in [0.05, 0.1) is 25.4 Å². The number of amides is 1. The number of aromatic nitrogens is 3. The first-order valence-corrected chi connectivity index (χ1v) is 15.4. The Bertz CT molecular complexity index is 1440. The van der Waals surface area contributed by atoms with E-state index in [0.717, 1.165) is 24.0 Å². The Morgan fingerprint density at radius 1 is 1.14 bits per heavy atom. The summed E-state index contributed by atoms with van der Waals surface area (Å²) in [5.74, 6) is 1.20. The molecule has 3 heterocycles. The monoisotopic (exact) mass is 611 g/mol. The number of unbranched alkanes of at least 4 members (excludes halogenated alkanes) is 1. The van der Waals surface area contributed by atoms with Gasteiger partial charge in [-0.05, 0) is 42.7 Å². The van der Waals surface area contributed by atoms with Crippen LogP contribution in [0.3, 0.4) is 0 Å². The maximum absolute atomic E-state index is 13.3.